The zero-order chi connectivity index (χ0) is 18.1. The van der Waals surface area contributed by atoms with Crippen molar-refractivity contribution in [3.8, 4) is 0 Å². The van der Waals surface area contributed by atoms with E-state index >= 15 is 0 Å². The molecule has 0 spiro atoms. The number of fused-ring (bicyclic) bond motifs is 2. The van der Waals surface area contributed by atoms with Gasteiger partial charge >= 0.3 is 0 Å². The summed E-state index contributed by atoms with van der Waals surface area (Å²) in [6.07, 6.45) is 0. The molecule has 0 N–H and O–H groups in total. The molecule has 1 aromatic heterocycles. The van der Waals surface area contributed by atoms with Crippen LogP contribution in [0.5, 0.6) is 0 Å². The van der Waals surface area contributed by atoms with E-state index in [4.69, 9.17) is 4.42 Å². The maximum absolute atomic E-state index is 13.1. The summed E-state index contributed by atoms with van der Waals surface area (Å²) >= 11 is 0. The van der Waals surface area contributed by atoms with Crippen LogP contribution in [0.15, 0.2) is 63.9 Å². The van der Waals surface area contributed by atoms with Crippen LogP contribution in [0.2, 0.25) is 0 Å². The van der Waals surface area contributed by atoms with E-state index in [0.29, 0.717) is 29.8 Å². The van der Waals surface area contributed by atoms with Crippen LogP contribution < -0.4 is 0 Å². The van der Waals surface area contributed by atoms with Crippen molar-refractivity contribution in [2.75, 3.05) is 13.1 Å². The highest BCUT2D eigenvalue weighted by molar-refractivity contribution is 7.89. The van der Waals surface area contributed by atoms with Crippen molar-refractivity contribution in [2.45, 2.75) is 24.2 Å². The summed E-state index contributed by atoms with van der Waals surface area (Å²) in [5.41, 5.74) is 1.74. The quantitative estimate of drug-likeness (QED) is 0.704. The van der Waals surface area contributed by atoms with Crippen LogP contribution in [-0.4, -0.2) is 25.8 Å². The number of hydrogen-bond acceptors (Lipinski definition) is 3. The van der Waals surface area contributed by atoms with Crippen molar-refractivity contribution < 1.29 is 12.8 Å². The number of aryl methyl sites for hydroxylation is 1. The molecule has 1 saturated heterocycles. The van der Waals surface area contributed by atoms with Crippen LogP contribution in [0.3, 0.4) is 0 Å². The maximum Gasteiger partial charge on any atom is 0.243 e. The molecular weight excluding hydrogens is 346 g/mol. The predicted octanol–water partition coefficient (Wildman–Crippen LogP) is 3.95. The average molecular weight is 367 g/mol. The molecule has 0 amide bonds. The van der Waals surface area contributed by atoms with Gasteiger partial charge in [0.2, 0.25) is 10.0 Å². The molecule has 2 heterocycles. The monoisotopic (exact) mass is 367 g/mol. The highest BCUT2D eigenvalue weighted by Crippen LogP contribution is 2.65. The topological polar surface area (TPSA) is 50.5 Å². The number of benzene rings is 2. The minimum Gasteiger partial charge on any atom is -0.460 e. The number of piperidine rings is 1. The van der Waals surface area contributed by atoms with E-state index in [1.807, 2.05) is 43.3 Å². The number of sulfonamides is 1. The Kier molecular flexibility index (Phi) is 3.22. The second-order valence-electron chi connectivity index (χ2n) is 7.69. The molecule has 26 heavy (non-hydrogen) atoms. The first kappa shape index (κ1) is 16.1. The molecule has 2 fully saturated rings. The summed E-state index contributed by atoms with van der Waals surface area (Å²) in [6.45, 7) is 5.22. The van der Waals surface area contributed by atoms with Gasteiger partial charge < -0.3 is 4.42 Å². The summed E-state index contributed by atoms with van der Waals surface area (Å²) in [5, 5.41) is 1.08. The first-order chi connectivity index (χ1) is 12.4. The van der Waals surface area contributed by atoms with Crippen LogP contribution in [0.25, 0.3) is 11.0 Å². The van der Waals surface area contributed by atoms with E-state index in [1.165, 1.54) is 0 Å². The molecule has 1 aliphatic heterocycles. The number of rotatable bonds is 3. The lowest BCUT2D eigenvalue weighted by Crippen LogP contribution is -2.34. The number of nitrogens with zero attached hydrogens (tertiary/aromatic N) is 1. The Hall–Kier alpha value is -2.11. The van der Waals surface area contributed by atoms with Crippen LogP contribution >= 0.6 is 0 Å². The van der Waals surface area contributed by atoms with Gasteiger partial charge in [-0.25, -0.2) is 8.42 Å². The first-order valence-corrected chi connectivity index (χ1v) is 10.4. The summed E-state index contributed by atoms with van der Waals surface area (Å²) in [6, 6.07) is 17.2. The lowest BCUT2D eigenvalue weighted by Gasteiger charge is -2.21. The Morgan fingerprint density at radius 1 is 1.12 bits per heavy atom. The van der Waals surface area contributed by atoms with E-state index in [0.717, 1.165) is 22.3 Å². The largest absolute Gasteiger partial charge is 0.460 e. The Balaban J connectivity index is 1.50. The third-order valence-corrected chi connectivity index (χ3v) is 8.18. The van der Waals surface area contributed by atoms with Crippen LogP contribution in [0.4, 0.5) is 0 Å². The van der Waals surface area contributed by atoms with Crippen LogP contribution in [0.1, 0.15) is 18.2 Å². The van der Waals surface area contributed by atoms with E-state index in [-0.39, 0.29) is 5.41 Å². The van der Waals surface area contributed by atoms with Gasteiger partial charge in [-0.15, -0.1) is 0 Å². The minimum absolute atomic E-state index is 0.184. The first-order valence-electron chi connectivity index (χ1n) is 8.99. The van der Waals surface area contributed by atoms with Crippen molar-refractivity contribution in [3.05, 3.63) is 65.9 Å². The summed E-state index contributed by atoms with van der Waals surface area (Å²) in [5.74, 6) is 1.69. The van der Waals surface area contributed by atoms with Crippen LogP contribution in [0, 0.1) is 18.8 Å². The molecule has 0 radical (unpaired) electrons. The molecular formula is C21H21NO3S. The van der Waals surface area contributed by atoms with Crippen LogP contribution in [-0.2, 0) is 15.4 Å². The molecule has 5 rings (SSSR count). The molecule has 0 bridgehead atoms. The summed E-state index contributed by atoms with van der Waals surface area (Å²) in [4.78, 5) is 0.372. The van der Waals surface area contributed by atoms with Crippen molar-refractivity contribution in [1.82, 2.24) is 4.31 Å². The second-order valence-corrected chi connectivity index (χ2v) is 9.63. The van der Waals surface area contributed by atoms with Gasteiger partial charge in [0, 0.05) is 23.9 Å². The Morgan fingerprint density at radius 2 is 1.85 bits per heavy atom. The van der Waals surface area contributed by atoms with Gasteiger partial charge in [-0.05, 0) is 43.0 Å². The van der Waals surface area contributed by atoms with Gasteiger partial charge in [0.1, 0.15) is 11.3 Å². The van der Waals surface area contributed by atoms with Gasteiger partial charge in [0.05, 0.1) is 4.90 Å². The molecule has 2 aromatic carbocycles. The molecule has 1 saturated carbocycles. The minimum atomic E-state index is -3.47. The molecule has 3 atom stereocenters. The zero-order valence-electron chi connectivity index (χ0n) is 14.8. The van der Waals surface area contributed by atoms with E-state index < -0.39 is 10.0 Å². The van der Waals surface area contributed by atoms with Gasteiger partial charge in [-0.1, -0.05) is 42.8 Å². The zero-order valence-corrected chi connectivity index (χ0v) is 15.7. The maximum atomic E-state index is 13.1. The van der Waals surface area contributed by atoms with Crippen molar-refractivity contribution in [3.63, 3.8) is 0 Å². The summed E-state index contributed by atoms with van der Waals surface area (Å²) < 4.78 is 33.9. The number of hydrogen-bond donors (Lipinski definition) is 0. The Labute approximate surface area is 153 Å². The number of furan rings is 1. The molecule has 1 aliphatic carbocycles. The van der Waals surface area contributed by atoms with Gasteiger partial charge in [0.15, 0.2) is 0 Å². The fraction of sp³-hybridized carbons (Fsp3) is 0.333. The standard InChI is InChI=1S/C21H21NO3S/c1-14-7-9-17(10-8-14)26(23,24)22-12-18-15(2)21(18,13-22)20-11-16-5-3-4-6-19(16)25-20/h3-11,15,18H,12-13H2,1-2H3/t15-,18-,21-/m1/s1. The van der Waals surface area contributed by atoms with Crippen molar-refractivity contribution in [1.29, 1.82) is 0 Å². The van der Waals surface area contributed by atoms with Crippen molar-refractivity contribution in [2.24, 2.45) is 11.8 Å². The third kappa shape index (κ3) is 2.07. The molecule has 2 aliphatic rings. The fourth-order valence-corrected chi connectivity index (χ4v) is 6.14. The summed E-state index contributed by atoms with van der Waals surface area (Å²) in [7, 11) is -3.47. The molecule has 0 unspecified atom stereocenters. The highest BCUT2D eigenvalue weighted by atomic mass is 32.2. The lowest BCUT2D eigenvalue weighted by atomic mass is 10.0. The van der Waals surface area contributed by atoms with E-state index in [2.05, 4.69) is 13.0 Å². The third-order valence-electron chi connectivity index (χ3n) is 6.35. The van der Waals surface area contributed by atoms with Gasteiger partial charge in [0.25, 0.3) is 0 Å². The molecule has 5 heteroatoms. The fourth-order valence-electron chi connectivity index (χ4n) is 4.62. The SMILES string of the molecule is Cc1ccc(S(=O)(=O)N2C[C@@H]3[C@@H](C)[C@]3(c3cc4ccccc4o3)C2)cc1. The number of para-hydroxylation sites is 1. The predicted molar refractivity (Wildman–Crippen MR) is 100 cm³/mol. The Morgan fingerprint density at radius 3 is 2.58 bits per heavy atom. The second kappa shape index (κ2) is 5.21. The molecule has 4 nitrogen and oxygen atoms in total. The Bertz CT molecular complexity index is 1070. The average Bonchev–Trinajstić information content (AvgIpc) is 3.03. The highest BCUT2D eigenvalue weighted by Gasteiger charge is 2.70. The van der Waals surface area contributed by atoms with Gasteiger partial charge in [-0.2, -0.15) is 4.31 Å². The van der Waals surface area contributed by atoms with E-state index in [1.54, 1.807) is 16.4 Å². The van der Waals surface area contributed by atoms with Gasteiger partial charge in [-0.3, -0.25) is 0 Å². The molecule has 3 aromatic rings. The lowest BCUT2D eigenvalue weighted by molar-refractivity contribution is 0.382. The normalized spacial score (nSPS) is 28.4. The molecule has 134 valence electrons. The van der Waals surface area contributed by atoms with Crippen molar-refractivity contribution >= 4 is 21.0 Å². The van der Waals surface area contributed by atoms with E-state index in [9.17, 15) is 8.42 Å². The smallest absolute Gasteiger partial charge is 0.243 e.